The molecule has 0 fully saturated rings. The van der Waals surface area contributed by atoms with Gasteiger partial charge in [0.15, 0.2) is 0 Å². The van der Waals surface area contributed by atoms with Gasteiger partial charge in [0, 0.05) is 19.1 Å². The smallest absolute Gasteiger partial charge is 0.475 e. The van der Waals surface area contributed by atoms with Crippen LogP contribution >= 0.6 is 0 Å². The van der Waals surface area contributed by atoms with Crippen molar-refractivity contribution in [1.82, 2.24) is 24.6 Å². The van der Waals surface area contributed by atoms with Gasteiger partial charge in [0.2, 0.25) is 0 Å². The van der Waals surface area contributed by atoms with E-state index in [-0.39, 0.29) is 0 Å². The van der Waals surface area contributed by atoms with Crippen molar-refractivity contribution in [2.75, 3.05) is 13.6 Å². The summed E-state index contributed by atoms with van der Waals surface area (Å²) >= 11 is 0. The molecule has 1 aliphatic rings. The zero-order chi connectivity index (χ0) is 28.6. The minimum atomic E-state index is -5.08. The first-order valence-corrected chi connectivity index (χ1v) is 10.9. The number of nitrogens with zero attached hydrogens (tertiary/aromatic N) is 5. The molecule has 0 saturated heterocycles. The number of hydrogen-bond donors (Lipinski definition) is 2. The Bertz CT molecular complexity index is 994. The molecule has 210 valence electrons. The molecule has 0 atom stereocenters. The molecule has 2 aromatic heterocycles. The van der Waals surface area contributed by atoms with Crippen molar-refractivity contribution < 1.29 is 50.6 Å². The predicted octanol–water partition coefficient (Wildman–Crippen LogP) is 3.69. The molecule has 0 bridgehead atoms. The van der Waals surface area contributed by atoms with Gasteiger partial charge in [-0.3, -0.25) is 9.80 Å². The molecule has 0 aliphatic carbocycles. The lowest BCUT2D eigenvalue weighted by Gasteiger charge is -2.20. The summed E-state index contributed by atoms with van der Waals surface area (Å²) in [6, 6.07) is 4.59. The van der Waals surface area contributed by atoms with Crippen molar-refractivity contribution in [1.29, 1.82) is 0 Å². The highest BCUT2D eigenvalue weighted by atomic mass is 19.4. The molecular formula is C21H29F6N5O5. The van der Waals surface area contributed by atoms with Crippen LogP contribution in [0.3, 0.4) is 0 Å². The van der Waals surface area contributed by atoms with E-state index >= 15 is 0 Å². The zero-order valence-electron chi connectivity index (χ0n) is 20.6. The zero-order valence-corrected chi connectivity index (χ0v) is 20.6. The number of carboxylic acids is 2. The largest absolute Gasteiger partial charge is 0.490 e. The molecule has 10 nitrogen and oxygen atoms in total. The monoisotopic (exact) mass is 545 g/mol. The van der Waals surface area contributed by atoms with Gasteiger partial charge in [0.25, 0.3) is 0 Å². The van der Waals surface area contributed by atoms with Crippen molar-refractivity contribution in [2.24, 2.45) is 0 Å². The van der Waals surface area contributed by atoms with Crippen LogP contribution < -0.4 is 0 Å². The molecule has 0 unspecified atom stereocenters. The predicted molar refractivity (Wildman–Crippen MR) is 116 cm³/mol. The van der Waals surface area contributed by atoms with Crippen LogP contribution in [0.15, 0.2) is 16.5 Å². The number of carbonyl (C=O) groups is 2. The highest BCUT2D eigenvalue weighted by Gasteiger charge is 2.38. The number of alkyl halides is 6. The molecule has 3 heterocycles. The summed E-state index contributed by atoms with van der Waals surface area (Å²) in [5, 5.41) is 23.1. The average Bonchev–Trinajstić information content (AvgIpc) is 3.26. The first kappa shape index (κ1) is 31.9. The third kappa shape index (κ3) is 11.2. The summed E-state index contributed by atoms with van der Waals surface area (Å²) in [6.07, 6.45) is -9.05. The quantitative estimate of drug-likeness (QED) is 0.541. The van der Waals surface area contributed by atoms with Crippen molar-refractivity contribution in [3.05, 3.63) is 35.3 Å². The van der Waals surface area contributed by atoms with E-state index in [0.29, 0.717) is 6.04 Å². The van der Waals surface area contributed by atoms with Gasteiger partial charge in [0.1, 0.15) is 23.2 Å². The van der Waals surface area contributed by atoms with E-state index in [2.05, 4.69) is 51.5 Å². The van der Waals surface area contributed by atoms with Crippen LogP contribution in [0.25, 0.3) is 0 Å². The van der Waals surface area contributed by atoms with Crippen molar-refractivity contribution >= 4 is 11.9 Å². The Morgan fingerprint density at radius 2 is 1.59 bits per heavy atom. The molecule has 3 rings (SSSR count). The Kier molecular flexibility index (Phi) is 11.6. The standard InChI is InChI=1S/C17H27N5O.2C2HF3O2/c1-13(2)20(4)11-16-18-19-17-12-21(8-5-9-22(16)17)10-15-7-6-14(3)23-15;2*3-2(4,5)1(6)7/h6-7,13H,5,8-12H2,1-4H3;2*(H,6,7). The van der Waals surface area contributed by atoms with Gasteiger partial charge in [0.05, 0.1) is 19.6 Å². The van der Waals surface area contributed by atoms with E-state index in [4.69, 9.17) is 24.2 Å². The second-order valence-electron chi connectivity index (χ2n) is 8.38. The highest BCUT2D eigenvalue weighted by molar-refractivity contribution is 5.73. The third-order valence-electron chi connectivity index (χ3n) is 5.06. The maximum atomic E-state index is 10.6. The third-order valence-corrected chi connectivity index (χ3v) is 5.06. The number of carboxylic acid groups (broad SMARTS) is 2. The van der Waals surface area contributed by atoms with Gasteiger partial charge >= 0.3 is 24.3 Å². The maximum Gasteiger partial charge on any atom is 0.490 e. The van der Waals surface area contributed by atoms with Crippen LogP contribution in [0, 0.1) is 6.92 Å². The molecule has 37 heavy (non-hydrogen) atoms. The van der Waals surface area contributed by atoms with Crippen LogP contribution in [0.4, 0.5) is 26.3 Å². The molecule has 2 aromatic rings. The first-order chi connectivity index (χ1) is 16.9. The van der Waals surface area contributed by atoms with Gasteiger partial charge in [-0.1, -0.05) is 0 Å². The second-order valence-corrected chi connectivity index (χ2v) is 8.38. The average molecular weight is 545 g/mol. The van der Waals surface area contributed by atoms with Crippen molar-refractivity contribution in [3.8, 4) is 0 Å². The summed E-state index contributed by atoms with van der Waals surface area (Å²) in [5.74, 6) is -1.38. The molecule has 0 saturated carbocycles. The molecule has 0 aromatic carbocycles. The second kappa shape index (κ2) is 13.4. The lowest BCUT2D eigenvalue weighted by Crippen LogP contribution is -2.27. The molecule has 0 radical (unpaired) electrons. The Morgan fingerprint density at radius 1 is 1.05 bits per heavy atom. The number of rotatable bonds is 5. The van der Waals surface area contributed by atoms with Crippen LogP contribution in [-0.4, -0.2) is 78.7 Å². The lowest BCUT2D eigenvalue weighted by atomic mass is 10.3. The first-order valence-electron chi connectivity index (χ1n) is 10.9. The number of fused-ring (bicyclic) bond motifs is 1. The summed E-state index contributed by atoms with van der Waals surface area (Å²) in [6.45, 7) is 11.0. The minimum absolute atomic E-state index is 0.507. The maximum absolute atomic E-state index is 10.6. The molecular weight excluding hydrogens is 516 g/mol. The number of furan rings is 1. The van der Waals surface area contributed by atoms with Crippen LogP contribution in [0.2, 0.25) is 0 Å². The highest BCUT2D eigenvalue weighted by Crippen LogP contribution is 2.18. The fourth-order valence-corrected chi connectivity index (χ4v) is 2.93. The van der Waals surface area contributed by atoms with E-state index in [1.54, 1.807) is 0 Å². The Labute approximate surface area is 208 Å². The van der Waals surface area contributed by atoms with E-state index in [1.165, 1.54) is 0 Å². The number of aryl methyl sites for hydroxylation is 1. The molecule has 0 amide bonds. The molecule has 1 aliphatic heterocycles. The minimum Gasteiger partial charge on any atom is -0.475 e. The summed E-state index contributed by atoms with van der Waals surface area (Å²) in [7, 11) is 2.13. The van der Waals surface area contributed by atoms with Crippen molar-refractivity contribution in [3.63, 3.8) is 0 Å². The number of halogens is 6. The summed E-state index contributed by atoms with van der Waals surface area (Å²) in [4.78, 5) is 22.5. The number of aliphatic carboxylic acids is 2. The Hall–Kier alpha value is -3.14. The normalized spacial score (nSPS) is 14.3. The summed E-state index contributed by atoms with van der Waals surface area (Å²) < 4.78 is 71.5. The SMILES string of the molecule is Cc1ccc(CN2CCCn3c(nnc3CN(C)C(C)C)C2)o1.O=C(O)C(F)(F)F.O=C(O)C(F)(F)F. The van der Waals surface area contributed by atoms with Gasteiger partial charge in [-0.15, -0.1) is 10.2 Å². The molecule has 2 N–H and O–H groups in total. The Morgan fingerprint density at radius 3 is 2.03 bits per heavy atom. The van der Waals surface area contributed by atoms with Gasteiger partial charge in [-0.05, 0) is 46.4 Å². The van der Waals surface area contributed by atoms with E-state index in [0.717, 1.165) is 62.3 Å². The van der Waals surface area contributed by atoms with Crippen LogP contribution in [0.5, 0.6) is 0 Å². The fourth-order valence-electron chi connectivity index (χ4n) is 2.93. The Balaban J connectivity index is 0.000000404. The molecule has 0 spiro atoms. The van der Waals surface area contributed by atoms with Crippen LogP contribution in [0.1, 0.15) is 43.4 Å². The summed E-state index contributed by atoms with van der Waals surface area (Å²) in [5.41, 5.74) is 0. The number of hydrogen-bond acceptors (Lipinski definition) is 7. The number of aromatic nitrogens is 3. The lowest BCUT2D eigenvalue weighted by molar-refractivity contribution is -0.193. The fraction of sp³-hybridized carbons (Fsp3) is 0.619. The van der Waals surface area contributed by atoms with Gasteiger partial charge < -0.3 is 19.2 Å². The van der Waals surface area contributed by atoms with E-state index < -0.39 is 24.3 Å². The van der Waals surface area contributed by atoms with Crippen molar-refractivity contribution in [2.45, 2.75) is 71.8 Å². The van der Waals surface area contributed by atoms with Gasteiger partial charge in [-0.25, -0.2) is 9.59 Å². The van der Waals surface area contributed by atoms with E-state index in [9.17, 15) is 26.3 Å². The molecule has 16 heteroatoms. The van der Waals surface area contributed by atoms with Gasteiger partial charge in [-0.2, -0.15) is 26.3 Å². The van der Waals surface area contributed by atoms with E-state index in [1.807, 2.05) is 13.0 Å². The van der Waals surface area contributed by atoms with Crippen LogP contribution in [-0.2, 0) is 35.8 Å². The topological polar surface area (TPSA) is 125 Å².